The molecule has 140 valence electrons. The van der Waals surface area contributed by atoms with Crippen LogP contribution in [0, 0.1) is 5.92 Å². The number of aliphatic hydroxyl groups excluding tert-OH is 2. The third kappa shape index (κ3) is 6.36. The number of benzene rings is 1. The van der Waals surface area contributed by atoms with E-state index in [9.17, 15) is 19.8 Å². The average molecular weight is 354 g/mol. The lowest BCUT2D eigenvalue weighted by Gasteiger charge is -2.25. The average Bonchev–Trinajstić information content (AvgIpc) is 2.60. The zero-order valence-electron chi connectivity index (χ0n) is 15.0. The molecule has 1 aromatic carbocycles. The molecule has 0 amide bonds. The summed E-state index contributed by atoms with van der Waals surface area (Å²) in [6, 6.07) is 6.50. The SMILES string of the molecule is CCOC(=O)[C@H](O)[C@@H](O)[C@H](C)C[C@H](C)OC(=O)c1ccc(OC)cc1. The van der Waals surface area contributed by atoms with Crippen LogP contribution in [0.25, 0.3) is 0 Å². The van der Waals surface area contributed by atoms with E-state index >= 15 is 0 Å². The van der Waals surface area contributed by atoms with Gasteiger partial charge in [-0.15, -0.1) is 0 Å². The van der Waals surface area contributed by atoms with Crippen molar-refractivity contribution in [3.63, 3.8) is 0 Å². The van der Waals surface area contributed by atoms with Crippen LogP contribution in [0.5, 0.6) is 5.75 Å². The Labute approximate surface area is 147 Å². The molecule has 0 saturated carbocycles. The Morgan fingerprint density at radius 3 is 2.24 bits per heavy atom. The van der Waals surface area contributed by atoms with Gasteiger partial charge in [0.2, 0.25) is 0 Å². The van der Waals surface area contributed by atoms with Crippen LogP contribution >= 0.6 is 0 Å². The second-order valence-electron chi connectivity index (χ2n) is 5.84. The molecule has 0 aromatic heterocycles. The number of hydrogen-bond acceptors (Lipinski definition) is 7. The van der Waals surface area contributed by atoms with Gasteiger partial charge in [0, 0.05) is 0 Å². The highest BCUT2D eigenvalue weighted by Crippen LogP contribution is 2.18. The first-order chi connectivity index (χ1) is 11.8. The van der Waals surface area contributed by atoms with E-state index in [1.54, 1.807) is 45.0 Å². The van der Waals surface area contributed by atoms with Gasteiger partial charge >= 0.3 is 11.9 Å². The fourth-order valence-corrected chi connectivity index (χ4v) is 2.37. The number of carbonyl (C=O) groups is 2. The molecular weight excluding hydrogens is 328 g/mol. The van der Waals surface area contributed by atoms with Crippen LogP contribution < -0.4 is 4.74 Å². The molecule has 0 aliphatic carbocycles. The molecule has 0 aliphatic heterocycles. The van der Waals surface area contributed by atoms with Gasteiger partial charge in [0.1, 0.15) is 5.75 Å². The van der Waals surface area contributed by atoms with E-state index in [-0.39, 0.29) is 13.0 Å². The van der Waals surface area contributed by atoms with Crippen molar-refractivity contribution in [2.75, 3.05) is 13.7 Å². The van der Waals surface area contributed by atoms with Crippen molar-refractivity contribution >= 4 is 11.9 Å². The van der Waals surface area contributed by atoms with Crippen molar-refractivity contribution in [1.82, 2.24) is 0 Å². The zero-order chi connectivity index (χ0) is 19.0. The number of methoxy groups -OCH3 is 1. The minimum atomic E-state index is -1.63. The Bertz CT molecular complexity index is 555. The Kier molecular flexibility index (Phi) is 8.37. The quantitative estimate of drug-likeness (QED) is 0.649. The van der Waals surface area contributed by atoms with Crippen molar-refractivity contribution < 1.29 is 34.0 Å². The van der Waals surface area contributed by atoms with Gasteiger partial charge in [-0.25, -0.2) is 9.59 Å². The molecule has 1 rings (SSSR count). The molecule has 7 heteroatoms. The van der Waals surface area contributed by atoms with E-state index in [4.69, 9.17) is 9.47 Å². The number of carbonyl (C=O) groups excluding carboxylic acids is 2. The number of hydrogen-bond donors (Lipinski definition) is 2. The van der Waals surface area contributed by atoms with Crippen LogP contribution in [0.3, 0.4) is 0 Å². The summed E-state index contributed by atoms with van der Waals surface area (Å²) >= 11 is 0. The summed E-state index contributed by atoms with van der Waals surface area (Å²) in [7, 11) is 1.53. The second kappa shape index (κ2) is 10.0. The summed E-state index contributed by atoms with van der Waals surface area (Å²) in [5.74, 6) is -1.21. The predicted molar refractivity (Wildman–Crippen MR) is 90.3 cm³/mol. The number of ether oxygens (including phenoxy) is 3. The van der Waals surface area contributed by atoms with E-state index in [0.29, 0.717) is 11.3 Å². The maximum atomic E-state index is 12.1. The van der Waals surface area contributed by atoms with Gasteiger partial charge < -0.3 is 24.4 Å². The van der Waals surface area contributed by atoms with Gasteiger partial charge in [-0.2, -0.15) is 0 Å². The molecule has 1 aromatic rings. The van der Waals surface area contributed by atoms with E-state index in [0.717, 1.165) is 0 Å². The summed E-state index contributed by atoms with van der Waals surface area (Å²) in [6.45, 7) is 5.07. The summed E-state index contributed by atoms with van der Waals surface area (Å²) in [5.41, 5.74) is 0.382. The highest BCUT2D eigenvalue weighted by molar-refractivity contribution is 5.89. The van der Waals surface area contributed by atoms with Crippen molar-refractivity contribution in [2.45, 2.75) is 45.5 Å². The third-order valence-corrected chi connectivity index (χ3v) is 3.77. The van der Waals surface area contributed by atoms with E-state index < -0.39 is 36.2 Å². The lowest BCUT2D eigenvalue weighted by atomic mass is 9.94. The Morgan fingerprint density at radius 2 is 1.72 bits per heavy atom. The topological polar surface area (TPSA) is 102 Å². The maximum absolute atomic E-state index is 12.1. The van der Waals surface area contributed by atoms with E-state index in [1.165, 1.54) is 7.11 Å². The fraction of sp³-hybridized carbons (Fsp3) is 0.556. The van der Waals surface area contributed by atoms with Gasteiger partial charge in [-0.3, -0.25) is 0 Å². The van der Waals surface area contributed by atoms with Crippen LogP contribution in [-0.2, 0) is 14.3 Å². The molecule has 7 nitrogen and oxygen atoms in total. The number of esters is 2. The smallest absolute Gasteiger partial charge is 0.338 e. The predicted octanol–water partition coefficient (Wildman–Crippen LogP) is 1.55. The van der Waals surface area contributed by atoms with Gasteiger partial charge in [0.05, 0.1) is 31.5 Å². The van der Waals surface area contributed by atoms with Crippen molar-refractivity contribution in [2.24, 2.45) is 5.92 Å². The third-order valence-electron chi connectivity index (χ3n) is 3.77. The van der Waals surface area contributed by atoms with Crippen molar-refractivity contribution in [1.29, 1.82) is 0 Å². The van der Waals surface area contributed by atoms with Crippen LogP contribution in [0.15, 0.2) is 24.3 Å². The summed E-state index contributed by atoms with van der Waals surface area (Å²) < 4.78 is 15.0. The number of rotatable bonds is 9. The lowest BCUT2D eigenvalue weighted by Crippen LogP contribution is -2.40. The van der Waals surface area contributed by atoms with Gasteiger partial charge in [-0.1, -0.05) is 6.92 Å². The Hall–Kier alpha value is -2.12. The molecular formula is C18H26O7. The molecule has 0 aliphatic rings. The highest BCUT2D eigenvalue weighted by Gasteiger charge is 2.31. The van der Waals surface area contributed by atoms with E-state index in [2.05, 4.69) is 4.74 Å². The van der Waals surface area contributed by atoms with Gasteiger partial charge in [0.25, 0.3) is 0 Å². The zero-order valence-corrected chi connectivity index (χ0v) is 15.0. The molecule has 2 N–H and O–H groups in total. The molecule has 0 spiro atoms. The van der Waals surface area contributed by atoms with Crippen molar-refractivity contribution in [3.8, 4) is 5.75 Å². The molecule has 25 heavy (non-hydrogen) atoms. The van der Waals surface area contributed by atoms with E-state index in [1.807, 2.05) is 0 Å². The first-order valence-electron chi connectivity index (χ1n) is 8.17. The maximum Gasteiger partial charge on any atom is 0.338 e. The highest BCUT2D eigenvalue weighted by atomic mass is 16.6. The normalized spacial score (nSPS) is 15.6. The van der Waals surface area contributed by atoms with Crippen LogP contribution in [0.2, 0.25) is 0 Å². The van der Waals surface area contributed by atoms with Crippen LogP contribution in [0.1, 0.15) is 37.6 Å². The molecule has 0 fully saturated rings. The second-order valence-corrected chi connectivity index (χ2v) is 5.84. The van der Waals surface area contributed by atoms with Gasteiger partial charge in [0.15, 0.2) is 6.10 Å². The number of aliphatic hydroxyl groups is 2. The van der Waals surface area contributed by atoms with Crippen LogP contribution in [-0.4, -0.2) is 54.2 Å². The summed E-state index contributed by atoms with van der Waals surface area (Å²) in [5, 5.41) is 19.8. The minimum Gasteiger partial charge on any atom is -0.497 e. The molecule has 0 heterocycles. The van der Waals surface area contributed by atoms with Crippen LogP contribution in [0.4, 0.5) is 0 Å². The molecule has 0 radical (unpaired) electrons. The molecule has 4 atom stereocenters. The lowest BCUT2D eigenvalue weighted by molar-refractivity contribution is -0.161. The molecule has 0 bridgehead atoms. The Morgan fingerprint density at radius 1 is 1.12 bits per heavy atom. The summed E-state index contributed by atoms with van der Waals surface area (Å²) in [6.07, 6.45) is -3.16. The first-order valence-corrected chi connectivity index (χ1v) is 8.17. The first kappa shape index (κ1) is 20.9. The molecule has 0 unspecified atom stereocenters. The Balaban J connectivity index is 2.54. The van der Waals surface area contributed by atoms with Crippen molar-refractivity contribution in [3.05, 3.63) is 29.8 Å². The summed E-state index contributed by atoms with van der Waals surface area (Å²) in [4.78, 5) is 23.5. The monoisotopic (exact) mass is 354 g/mol. The molecule has 0 saturated heterocycles. The minimum absolute atomic E-state index is 0.118. The fourth-order valence-electron chi connectivity index (χ4n) is 2.37. The standard InChI is InChI=1S/C18H26O7/c1-5-24-18(22)16(20)15(19)11(2)10-12(3)25-17(21)13-6-8-14(23-4)9-7-13/h6-9,11-12,15-16,19-20H,5,10H2,1-4H3/t11-,12+,15+,16-/m1/s1. The largest absolute Gasteiger partial charge is 0.497 e. The van der Waals surface area contributed by atoms with Gasteiger partial charge in [-0.05, 0) is 50.5 Å².